The van der Waals surface area contributed by atoms with Crippen LogP contribution in [0.25, 0.3) is 0 Å². The zero-order chi connectivity index (χ0) is 13.5. The summed E-state index contributed by atoms with van der Waals surface area (Å²) in [5.74, 6) is 0. The summed E-state index contributed by atoms with van der Waals surface area (Å²) in [6.07, 6.45) is 6.79. The summed E-state index contributed by atoms with van der Waals surface area (Å²) in [6.45, 7) is 3.99. The Balaban J connectivity index is 0.00000200. The largest absolute Gasteiger partial charge is 3.00 e. The molecule has 1 aliphatic rings. The van der Waals surface area contributed by atoms with Crippen molar-refractivity contribution >= 4 is 42.8 Å². The van der Waals surface area contributed by atoms with E-state index in [0.717, 1.165) is 29.6 Å². The molecular weight excluding hydrogens is 326 g/mol. The van der Waals surface area contributed by atoms with Gasteiger partial charge in [0.05, 0.1) is 11.4 Å². The molecule has 2 rings (SSSR count). The van der Waals surface area contributed by atoms with Crippen LogP contribution in [-0.4, -0.2) is 53.6 Å². The van der Waals surface area contributed by atoms with E-state index in [9.17, 15) is 0 Å². The fraction of sp³-hybridized carbons (Fsp3) is 0.500. The summed E-state index contributed by atoms with van der Waals surface area (Å²) in [4.78, 5) is 6.46. The van der Waals surface area contributed by atoms with E-state index in [2.05, 4.69) is 20.4 Å². The number of hydrogen-bond acceptors (Lipinski definition) is 3. The fourth-order valence-corrected chi connectivity index (χ4v) is 2.34. The van der Waals surface area contributed by atoms with E-state index in [1.54, 1.807) is 6.20 Å². The van der Waals surface area contributed by atoms with Gasteiger partial charge in [-0.05, 0) is 44.1 Å². The number of hydrogen-bond donors (Lipinski definition) is 1. The first kappa shape index (κ1) is 17.2. The van der Waals surface area contributed by atoms with Gasteiger partial charge in [-0.2, -0.15) is 5.10 Å². The van der Waals surface area contributed by atoms with E-state index in [-0.39, 0.29) is 19.8 Å². The zero-order valence-corrected chi connectivity index (χ0v) is 15.1. The average Bonchev–Trinajstić information content (AvgIpc) is 2.74. The maximum atomic E-state index is 5.39. The van der Waals surface area contributed by atoms with Crippen molar-refractivity contribution in [3.63, 3.8) is 0 Å². The first-order valence-electron chi connectivity index (χ1n) is 6.78. The molecule has 0 spiro atoms. The predicted octanol–water partition coefficient (Wildman–Crippen LogP) is 2.18. The molecule has 1 aliphatic heterocycles. The number of aromatic nitrogens is 1. The van der Waals surface area contributed by atoms with Crippen molar-refractivity contribution in [1.29, 1.82) is 0 Å². The number of pyridine rings is 1. The summed E-state index contributed by atoms with van der Waals surface area (Å²) < 4.78 is 0. The second-order valence-electron chi connectivity index (χ2n) is 4.73. The third-order valence-electron chi connectivity index (χ3n) is 3.25. The standard InChI is InChI=1S/C14H20N4S.Ga/c1-12(13-8-4-5-9-15-13)16-17-14(19)18-10-6-2-3-7-11-18;/h4-5,8-9H,2-3,6-7,10-11H2,1H3,(H,17,19);/q;+3. The van der Waals surface area contributed by atoms with Crippen LogP contribution in [0.1, 0.15) is 38.3 Å². The summed E-state index contributed by atoms with van der Waals surface area (Å²) in [7, 11) is 0. The van der Waals surface area contributed by atoms with Crippen molar-refractivity contribution in [2.45, 2.75) is 32.6 Å². The molecule has 20 heavy (non-hydrogen) atoms. The van der Waals surface area contributed by atoms with Gasteiger partial charge in [0.25, 0.3) is 0 Å². The molecule has 2 heterocycles. The average molecular weight is 346 g/mol. The second kappa shape index (κ2) is 9.15. The molecule has 0 aliphatic carbocycles. The molecule has 4 nitrogen and oxygen atoms in total. The monoisotopic (exact) mass is 345 g/mol. The van der Waals surface area contributed by atoms with Crippen LogP contribution in [0.2, 0.25) is 0 Å². The molecule has 0 unspecified atom stereocenters. The SMILES string of the molecule is CC(=NNC(=S)N1CCCCCC1)c1ccccn1.[Ga+3]. The first-order chi connectivity index (χ1) is 9.27. The Morgan fingerprint density at radius 3 is 2.55 bits per heavy atom. The van der Waals surface area contributed by atoms with Gasteiger partial charge < -0.3 is 4.90 Å². The van der Waals surface area contributed by atoms with Crippen LogP contribution in [0.4, 0.5) is 0 Å². The molecule has 0 aromatic carbocycles. The van der Waals surface area contributed by atoms with Crippen LogP contribution < -0.4 is 5.43 Å². The summed E-state index contributed by atoms with van der Waals surface area (Å²) in [5, 5.41) is 5.04. The summed E-state index contributed by atoms with van der Waals surface area (Å²) in [6, 6.07) is 5.79. The topological polar surface area (TPSA) is 40.5 Å². The van der Waals surface area contributed by atoms with Crippen molar-refractivity contribution in [3.05, 3.63) is 30.1 Å². The van der Waals surface area contributed by atoms with Crippen molar-refractivity contribution in [2.24, 2.45) is 5.10 Å². The summed E-state index contributed by atoms with van der Waals surface area (Å²) >= 11 is 5.39. The number of thiocarbonyl (C=S) groups is 1. The minimum atomic E-state index is 0. The minimum Gasteiger partial charge on any atom is -0.348 e. The van der Waals surface area contributed by atoms with E-state index in [1.165, 1.54) is 25.7 Å². The molecule has 0 amide bonds. The first-order valence-corrected chi connectivity index (χ1v) is 7.19. The van der Waals surface area contributed by atoms with Crippen molar-refractivity contribution in [1.82, 2.24) is 15.3 Å². The molecule has 0 atom stereocenters. The molecule has 0 radical (unpaired) electrons. The molecule has 102 valence electrons. The van der Waals surface area contributed by atoms with Crippen molar-refractivity contribution in [3.8, 4) is 0 Å². The number of nitrogens with zero attached hydrogens (tertiary/aromatic N) is 3. The Morgan fingerprint density at radius 1 is 1.25 bits per heavy atom. The second-order valence-corrected chi connectivity index (χ2v) is 5.12. The van der Waals surface area contributed by atoms with Gasteiger partial charge in [0, 0.05) is 19.3 Å². The number of hydrazone groups is 1. The van der Waals surface area contributed by atoms with E-state index in [4.69, 9.17) is 12.2 Å². The molecule has 1 aromatic rings. The van der Waals surface area contributed by atoms with Crippen LogP contribution in [0.3, 0.4) is 0 Å². The van der Waals surface area contributed by atoms with Crippen LogP contribution >= 0.6 is 12.2 Å². The van der Waals surface area contributed by atoms with Crippen molar-refractivity contribution < 1.29 is 0 Å². The zero-order valence-electron chi connectivity index (χ0n) is 11.9. The van der Waals surface area contributed by atoms with Crippen LogP contribution in [0, 0.1) is 0 Å². The maximum absolute atomic E-state index is 5.39. The third-order valence-corrected chi connectivity index (χ3v) is 3.60. The molecule has 1 N–H and O–H groups in total. The van der Waals surface area contributed by atoms with Gasteiger partial charge in [-0.25, -0.2) is 0 Å². The molecule has 1 saturated heterocycles. The number of rotatable bonds is 2. The Kier molecular flexibility index (Phi) is 7.87. The minimum absolute atomic E-state index is 0. The molecule has 1 fully saturated rings. The molecule has 0 bridgehead atoms. The number of likely N-dealkylation sites (tertiary alicyclic amines) is 1. The van der Waals surface area contributed by atoms with Gasteiger partial charge in [-0.3, -0.25) is 10.4 Å². The normalized spacial score (nSPS) is 16.1. The molecular formula is C14H20GaN4S+3. The third kappa shape index (κ3) is 5.26. The van der Waals surface area contributed by atoms with Gasteiger partial charge in [0.1, 0.15) is 0 Å². The summed E-state index contributed by atoms with van der Waals surface area (Å²) in [5.41, 5.74) is 4.70. The maximum Gasteiger partial charge on any atom is 3.00 e. The van der Waals surface area contributed by atoms with Crippen LogP contribution in [0.15, 0.2) is 29.5 Å². The Labute approximate surface area is 139 Å². The Morgan fingerprint density at radius 2 is 1.95 bits per heavy atom. The van der Waals surface area contributed by atoms with Crippen LogP contribution in [-0.2, 0) is 0 Å². The van der Waals surface area contributed by atoms with Gasteiger partial charge in [0.15, 0.2) is 5.11 Å². The van der Waals surface area contributed by atoms with E-state index >= 15 is 0 Å². The van der Waals surface area contributed by atoms with Gasteiger partial charge in [-0.1, -0.05) is 18.9 Å². The number of nitrogens with one attached hydrogen (secondary N) is 1. The Bertz CT molecular complexity index is 442. The molecule has 6 heteroatoms. The Hall–Kier alpha value is -0.854. The van der Waals surface area contributed by atoms with Crippen molar-refractivity contribution in [2.75, 3.05) is 13.1 Å². The molecule has 1 aromatic heterocycles. The van der Waals surface area contributed by atoms with E-state index < -0.39 is 0 Å². The van der Waals surface area contributed by atoms with Gasteiger partial charge >= 0.3 is 19.8 Å². The fourth-order valence-electron chi connectivity index (χ4n) is 2.11. The van der Waals surface area contributed by atoms with Gasteiger partial charge in [-0.15, -0.1) is 0 Å². The van der Waals surface area contributed by atoms with Crippen LogP contribution in [0.5, 0.6) is 0 Å². The van der Waals surface area contributed by atoms with Gasteiger partial charge in [0.2, 0.25) is 0 Å². The smallest absolute Gasteiger partial charge is 0.348 e. The van der Waals surface area contributed by atoms with E-state index in [0.29, 0.717) is 0 Å². The molecule has 0 saturated carbocycles. The quantitative estimate of drug-likeness (QED) is 0.386. The predicted molar refractivity (Wildman–Crippen MR) is 88.0 cm³/mol. The van der Waals surface area contributed by atoms with E-state index in [1.807, 2.05) is 25.1 Å².